The quantitative estimate of drug-likeness (QED) is 0.845. The van der Waals surface area contributed by atoms with E-state index in [9.17, 15) is 9.59 Å². The number of aryl methyl sites for hydroxylation is 1. The van der Waals surface area contributed by atoms with Crippen molar-refractivity contribution in [1.82, 2.24) is 10.3 Å². The first-order valence-electron chi connectivity index (χ1n) is 6.90. The van der Waals surface area contributed by atoms with Crippen molar-refractivity contribution in [3.8, 4) is 11.7 Å². The van der Waals surface area contributed by atoms with E-state index in [0.29, 0.717) is 23.1 Å². The van der Waals surface area contributed by atoms with Crippen molar-refractivity contribution in [3.63, 3.8) is 0 Å². The highest BCUT2D eigenvalue weighted by atomic mass is 16.4. The molecule has 2 aromatic heterocycles. The predicted molar refractivity (Wildman–Crippen MR) is 77.1 cm³/mol. The molecule has 0 saturated carbocycles. The van der Waals surface area contributed by atoms with Gasteiger partial charge in [0, 0.05) is 0 Å². The molecule has 1 amide bonds. The molecule has 0 radical (unpaired) electrons. The Morgan fingerprint density at radius 2 is 2.14 bits per heavy atom. The molecule has 0 aliphatic carbocycles. The molecule has 0 aliphatic heterocycles. The van der Waals surface area contributed by atoms with Gasteiger partial charge in [0.15, 0.2) is 5.76 Å². The van der Waals surface area contributed by atoms with Crippen molar-refractivity contribution in [2.75, 3.05) is 0 Å². The number of amides is 1. The fourth-order valence-corrected chi connectivity index (χ4v) is 1.99. The van der Waals surface area contributed by atoms with Gasteiger partial charge in [-0.25, -0.2) is 9.78 Å². The Labute approximate surface area is 127 Å². The first kappa shape index (κ1) is 15.8. The zero-order valence-corrected chi connectivity index (χ0v) is 12.6. The zero-order chi connectivity index (χ0) is 16.3. The third-order valence-corrected chi connectivity index (χ3v) is 3.20. The van der Waals surface area contributed by atoms with Crippen LogP contribution in [0.4, 0.5) is 0 Å². The highest BCUT2D eigenvalue weighted by Gasteiger charge is 2.24. The fourth-order valence-electron chi connectivity index (χ4n) is 1.99. The lowest BCUT2D eigenvalue weighted by atomic mass is 10.0. The van der Waals surface area contributed by atoms with Crippen molar-refractivity contribution >= 4 is 11.9 Å². The average molecular weight is 306 g/mol. The zero-order valence-electron chi connectivity index (χ0n) is 12.6. The molecule has 22 heavy (non-hydrogen) atoms. The minimum Gasteiger partial charge on any atom is -0.480 e. The van der Waals surface area contributed by atoms with Crippen LogP contribution in [0.2, 0.25) is 0 Å². The Morgan fingerprint density at radius 1 is 1.41 bits per heavy atom. The second-order valence-electron chi connectivity index (χ2n) is 5.30. The van der Waals surface area contributed by atoms with Gasteiger partial charge >= 0.3 is 5.97 Å². The second kappa shape index (κ2) is 6.46. The Morgan fingerprint density at radius 3 is 2.68 bits per heavy atom. The van der Waals surface area contributed by atoms with Crippen LogP contribution >= 0.6 is 0 Å². The van der Waals surface area contributed by atoms with Crippen LogP contribution in [0, 0.1) is 12.8 Å². The summed E-state index contributed by atoms with van der Waals surface area (Å²) in [6.07, 6.45) is 1.45. The molecule has 2 aromatic rings. The van der Waals surface area contributed by atoms with Crippen LogP contribution in [0.5, 0.6) is 0 Å². The van der Waals surface area contributed by atoms with E-state index in [4.69, 9.17) is 13.9 Å². The van der Waals surface area contributed by atoms with Crippen molar-refractivity contribution in [3.05, 3.63) is 29.9 Å². The van der Waals surface area contributed by atoms with Crippen molar-refractivity contribution in [2.45, 2.75) is 33.2 Å². The Bertz CT molecular complexity index is 658. The van der Waals surface area contributed by atoms with Gasteiger partial charge < -0.3 is 19.3 Å². The highest BCUT2D eigenvalue weighted by molar-refractivity contribution is 5.84. The van der Waals surface area contributed by atoms with E-state index in [1.54, 1.807) is 32.9 Å². The van der Waals surface area contributed by atoms with Crippen molar-refractivity contribution in [2.24, 2.45) is 5.92 Å². The van der Waals surface area contributed by atoms with Gasteiger partial charge in [-0.15, -0.1) is 0 Å². The SMILES string of the molecule is Cc1oc(-c2ccco2)nc1CC(=O)NC(C(=O)O)C(C)C. The molecular formula is C15H18N2O5. The first-order valence-corrected chi connectivity index (χ1v) is 6.90. The summed E-state index contributed by atoms with van der Waals surface area (Å²) in [4.78, 5) is 27.3. The standard InChI is InChI=1S/C15H18N2O5/c1-8(2)13(15(19)20)17-12(18)7-10-9(3)22-14(16-10)11-5-4-6-21-11/h4-6,8,13H,7H2,1-3H3,(H,17,18)(H,19,20). The normalized spacial score (nSPS) is 12.4. The minimum atomic E-state index is -1.06. The molecule has 1 atom stereocenters. The van der Waals surface area contributed by atoms with Crippen LogP contribution in [-0.4, -0.2) is 28.0 Å². The van der Waals surface area contributed by atoms with Gasteiger partial charge in [-0.2, -0.15) is 0 Å². The summed E-state index contributed by atoms with van der Waals surface area (Å²) in [5, 5.41) is 11.6. The number of rotatable bonds is 6. The maximum atomic E-state index is 12.0. The van der Waals surface area contributed by atoms with Crippen LogP contribution in [0.25, 0.3) is 11.7 Å². The molecule has 2 rings (SSSR count). The lowest BCUT2D eigenvalue weighted by molar-refractivity contribution is -0.143. The maximum Gasteiger partial charge on any atom is 0.326 e. The van der Waals surface area contributed by atoms with Gasteiger partial charge in [-0.05, 0) is 25.0 Å². The molecule has 0 aliphatic rings. The van der Waals surface area contributed by atoms with Gasteiger partial charge in [0.1, 0.15) is 11.8 Å². The topological polar surface area (TPSA) is 106 Å². The second-order valence-corrected chi connectivity index (χ2v) is 5.30. The Balaban J connectivity index is 2.07. The number of nitrogens with zero attached hydrogens (tertiary/aromatic N) is 1. The third kappa shape index (κ3) is 3.55. The number of carbonyl (C=O) groups is 2. The molecule has 0 aromatic carbocycles. The number of oxazole rings is 1. The lowest BCUT2D eigenvalue weighted by Crippen LogP contribution is -2.45. The molecule has 7 heteroatoms. The number of carboxylic acids is 1. The van der Waals surface area contributed by atoms with E-state index in [-0.39, 0.29) is 12.3 Å². The van der Waals surface area contributed by atoms with Crippen LogP contribution in [0.15, 0.2) is 27.2 Å². The van der Waals surface area contributed by atoms with E-state index in [2.05, 4.69) is 10.3 Å². The van der Waals surface area contributed by atoms with Gasteiger partial charge in [0.2, 0.25) is 5.91 Å². The lowest BCUT2D eigenvalue weighted by Gasteiger charge is -2.17. The van der Waals surface area contributed by atoms with E-state index >= 15 is 0 Å². The average Bonchev–Trinajstić information content (AvgIpc) is 3.06. The van der Waals surface area contributed by atoms with E-state index in [1.165, 1.54) is 6.26 Å². The highest BCUT2D eigenvalue weighted by Crippen LogP contribution is 2.22. The number of aromatic nitrogens is 1. The van der Waals surface area contributed by atoms with Gasteiger partial charge in [-0.3, -0.25) is 4.79 Å². The summed E-state index contributed by atoms with van der Waals surface area (Å²) >= 11 is 0. The summed E-state index contributed by atoms with van der Waals surface area (Å²) in [7, 11) is 0. The van der Waals surface area contributed by atoms with Crippen LogP contribution in [-0.2, 0) is 16.0 Å². The molecule has 0 bridgehead atoms. The Kier molecular flexibility index (Phi) is 4.65. The molecule has 2 heterocycles. The predicted octanol–water partition coefficient (Wildman–Crippen LogP) is 2.01. The molecule has 1 unspecified atom stereocenters. The maximum absolute atomic E-state index is 12.0. The van der Waals surface area contributed by atoms with Crippen LogP contribution < -0.4 is 5.32 Å². The number of hydrogen-bond acceptors (Lipinski definition) is 5. The van der Waals surface area contributed by atoms with E-state index < -0.39 is 17.9 Å². The largest absolute Gasteiger partial charge is 0.480 e. The molecular weight excluding hydrogens is 288 g/mol. The third-order valence-electron chi connectivity index (χ3n) is 3.20. The summed E-state index contributed by atoms with van der Waals surface area (Å²) < 4.78 is 10.6. The molecule has 7 nitrogen and oxygen atoms in total. The Hall–Kier alpha value is -2.57. The first-order chi connectivity index (χ1) is 10.4. The number of aliphatic carboxylic acids is 1. The van der Waals surface area contributed by atoms with Gasteiger partial charge in [0.05, 0.1) is 18.4 Å². The number of furan rings is 1. The molecule has 0 spiro atoms. The summed E-state index contributed by atoms with van der Waals surface area (Å²) in [5.41, 5.74) is 0.455. The summed E-state index contributed by atoms with van der Waals surface area (Å²) in [6.45, 7) is 5.16. The van der Waals surface area contributed by atoms with Crippen LogP contribution in [0.3, 0.4) is 0 Å². The van der Waals surface area contributed by atoms with E-state index in [0.717, 1.165) is 0 Å². The number of hydrogen-bond donors (Lipinski definition) is 2. The summed E-state index contributed by atoms with van der Waals surface area (Å²) in [6, 6.07) is 2.49. The van der Waals surface area contributed by atoms with Gasteiger partial charge in [-0.1, -0.05) is 13.8 Å². The number of carbonyl (C=O) groups excluding carboxylic acids is 1. The fraction of sp³-hybridized carbons (Fsp3) is 0.400. The number of carboxylic acid groups (broad SMARTS) is 1. The van der Waals surface area contributed by atoms with E-state index in [1.807, 2.05) is 0 Å². The minimum absolute atomic E-state index is 0.0491. The smallest absolute Gasteiger partial charge is 0.326 e. The van der Waals surface area contributed by atoms with Gasteiger partial charge in [0.25, 0.3) is 5.89 Å². The summed E-state index contributed by atoms with van der Waals surface area (Å²) in [5.74, 6) is -0.416. The molecule has 0 fully saturated rings. The van der Waals surface area contributed by atoms with Crippen LogP contribution in [0.1, 0.15) is 25.3 Å². The molecule has 2 N–H and O–H groups in total. The monoisotopic (exact) mass is 306 g/mol. The van der Waals surface area contributed by atoms with Crippen molar-refractivity contribution < 1.29 is 23.5 Å². The molecule has 118 valence electrons. The van der Waals surface area contributed by atoms with Crippen molar-refractivity contribution in [1.29, 1.82) is 0 Å². The number of nitrogens with one attached hydrogen (secondary N) is 1. The molecule has 0 saturated heterocycles.